The molecule has 0 spiro atoms. The Morgan fingerprint density at radius 1 is 1.28 bits per heavy atom. The van der Waals surface area contributed by atoms with Crippen LogP contribution in [0.15, 0.2) is 0 Å². The van der Waals surface area contributed by atoms with Gasteiger partial charge in [-0.05, 0) is 46.0 Å². The number of piperidine rings is 1. The Kier molecular flexibility index (Phi) is 3.85. The molecule has 4 nitrogen and oxygen atoms in total. The van der Waals surface area contributed by atoms with Crippen molar-refractivity contribution in [1.29, 1.82) is 0 Å². The first-order valence-corrected chi connectivity index (χ1v) is 7.09. The molecule has 0 aromatic heterocycles. The fourth-order valence-electron chi connectivity index (χ4n) is 2.41. The van der Waals surface area contributed by atoms with Crippen LogP contribution in [-0.4, -0.2) is 41.8 Å². The number of nitrogens with zero attached hydrogens (tertiary/aromatic N) is 1. The summed E-state index contributed by atoms with van der Waals surface area (Å²) in [5, 5.41) is 3.67. The quantitative estimate of drug-likeness (QED) is 0.822. The smallest absolute Gasteiger partial charge is 0.410 e. The molecule has 2 fully saturated rings. The summed E-state index contributed by atoms with van der Waals surface area (Å²) < 4.78 is 5.39. The summed E-state index contributed by atoms with van der Waals surface area (Å²) in [5.74, 6) is 0.842. The van der Waals surface area contributed by atoms with E-state index in [0.717, 1.165) is 37.9 Å². The van der Waals surface area contributed by atoms with E-state index in [1.165, 1.54) is 6.42 Å². The number of ether oxygens (including phenoxy) is 1. The minimum atomic E-state index is -0.393. The van der Waals surface area contributed by atoms with Crippen LogP contribution < -0.4 is 5.32 Å². The maximum absolute atomic E-state index is 11.9. The molecule has 2 aliphatic rings. The summed E-state index contributed by atoms with van der Waals surface area (Å²) >= 11 is 0. The summed E-state index contributed by atoms with van der Waals surface area (Å²) in [5.41, 5.74) is -0.393. The molecule has 1 saturated heterocycles. The van der Waals surface area contributed by atoms with Gasteiger partial charge in [0.25, 0.3) is 0 Å². The first-order chi connectivity index (χ1) is 8.35. The number of hydrogen-bond acceptors (Lipinski definition) is 3. The summed E-state index contributed by atoms with van der Waals surface area (Å²) in [7, 11) is 0. The molecule has 1 saturated carbocycles. The Morgan fingerprint density at radius 2 is 1.83 bits per heavy atom. The van der Waals surface area contributed by atoms with Gasteiger partial charge in [0.2, 0.25) is 0 Å². The number of nitrogens with one attached hydrogen (secondary N) is 1. The van der Waals surface area contributed by atoms with Gasteiger partial charge in [-0.3, -0.25) is 0 Å². The minimum Gasteiger partial charge on any atom is -0.444 e. The number of carbonyl (C=O) groups excluding carboxylic acids is 1. The van der Waals surface area contributed by atoms with Crippen LogP contribution in [0.4, 0.5) is 4.79 Å². The van der Waals surface area contributed by atoms with Gasteiger partial charge in [-0.2, -0.15) is 0 Å². The van der Waals surface area contributed by atoms with Crippen LogP contribution >= 0.6 is 0 Å². The molecule has 2 unspecified atom stereocenters. The van der Waals surface area contributed by atoms with Crippen molar-refractivity contribution in [3.63, 3.8) is 0 Å². The van der Waals surface area contributed by atoms with E-state index in [2.05, 4.69) is 12.2 Å². The maximum atomic E-state index is 11.9. The third kappa shape index (κ3) is 3.87. The molecular weight excluding hydrogens is 228 g/mol. The van der Waals surface area contributed by atoms with E-state index in [1.54, 1.807) is 0 Å². The van der Waals surface area contributed by atoms with Crippen molar-refractivity contribution in [3.8, 4) is 0 Å². The molecule has 0 bridgehead atoms. The molecule has 0 radical (unpaired) electrons. The third-order valence-electron chi connectivity index (χ3n) is 3.71. The summed E-state index contributed by atoms with van der Waals surface area (Å²) in [4.78, 5) is 13.7. The zero-order chi connectivity index (χ0) is 13.3. The van der Waals surface area contributed by atoms with E-state index in [0.29, 0.717) is 6.04 Å². The molecule has 0 aromatic rings. The summed E-state index contributed by atoms with van der Waals surface area (Å²) in [6.45, 7) is 9.64. The molecule has 4 heteroatoms. The summed E-state index contributed by atoms with van der Waals surface area (Å²) in [6.07, 6.45) is 3.23. The van der Waals surface area contributed by atoms with E-state index in [4.69, 9.17) is 4.74 Å². The second-order valence-corrected chi connectivity index (χ2v) is 6.73. The SMILES string of the molecule is CC1CC1NC1CCN(C(=O)OC(C)(C)C)CC1. The van der Waals surface area contributed by atoms with Crippen molar-refractivity contribution >= 4 is 6.09 Å². The Balaban J connectivity index is 1.71. The van der Waals surface area contributed by atoms with Crippen LogP contribution in [0.1, 0.15) is 47.0 Å². The molecule has 0 aromatic carbocycles. The fourth-order valence-corrected chi connectivity index (χ4v) is 2.41. The number of hydrogen-bond donors (Lipinski definition) is 1. The van der Waals surface area contributed by atoms with Crippen LogP contribution in [0.3, 0.4) is 0 Å². The number of likely N-dealkylation sites (tertiary alicyclic amines) is 1. The third-order valence-corrected chi connectivity index (χ3v) is 3.71. The van der Waals surface area contributed by atoms with Gasteiger partial charge in [-0.15, -0.1) is 0 Å². The molecule has 2 atom stereocenters. The predicted octanol–water partition coefficient (Wildman–Crippen LogP) is 2.38. The highest BCUT2D eigenvalue weighted by Gasteiger charge is 2.35. The van der Waals surface area contributed by atoms with Crippen LogP contribution in [0.5, 0.6) is 0 Å². The van der Waals surface area contributed by atoms with E-state index >= 15 is 0 Å². The van der Waals surface area contributed by atoms with Gasteiger partial charge in [0.05, 0.1) is 0 Å². The lowest BCUT2D eigenvalue weighted by atomic mass is 10.1. The van der Waals surface area contributed by atoms with Gasteiger partial charge < -0.3 is 15.0 Å². The van der Waals surface area contributed by atoms with Gasteiger partial charge in [-0.1, -0.05) is 6.92 Å². The van der Waals surface area contributed by atoms with Crippen molar-refractivity contribution in [2.75, 3.05) is 13.1 Å². The zero-order valence-corrected chi connectivity index (χ0v) is 12.0. The topological polar surface area (TPSA) is 41.6 Å². The highest BCUT2D eigenvalue weighted by atomic mass is 16.6. The second-order valence-electron chi connectivity index (χ2n) is 6.73. The van der Waals surface area contributed by atoms with Crippen LogP contribution in [0.2, 0.25) is 0 Å². The minimum absolute atomic E-state index is 0.166. The summed E-state index contributed by atoms with van der Waals surface area (Å²) in [6, 6.07) is 1.31. The second kappa shape index (κ2) is 5.08. The number of carbonyl (C=O) groups is 1. The van der Waals surface area contributed by atoms with E-state index in [-0.39, 0.29) is 6.09 Å². The van der Waals surface area contributed by atoms with Crippen molar-refractivity contribution in [2.45, 2.75) is 64.6 Å². The van der Waals surface area contributed by atoms with Crippen molar-refractivity contribution in [3.05, 3.63) is 0 Å². The zero-order valence-electron chi connectivity index (χ0n) is 12.0. The van der Waals surface area contributed by atoms with Crippen molar-refractivity contribution in [1.82, 2.24) is 10.2 Å². The first-order valence-electron chi connectivity index (χ1n) is 7.09. The van der Waals surface area contributed by atoms with Gasteiger partial charge >= 0.3 is 6.09 Å². The van der Waals surface area contributed by atoms with Crippen LogP contribution in [0.25, 0.3) is 0 Å². The lowest BCUT2D eigenvalue weighted by Crippen LogP contribution is -2.47. The highest BCUT2D eigenvalue weighted by Crippen LogP contribution is 2.30. The Bertz CT molecular complexity index is 303. The predicted molar refractivity (Wildman–Crippen MR) is 71.5 cm³/mol. The van der Waals surface area contributed by atoms with E-state index in [9.17, 15) is 4.79 Å². The molecule has 1 N–H and O–H groups in total. The van der Waals surface area contributed by atoms with Gasteiger partial charge in [0.1, 0.15) is 5.60 Å². The lowest BCUT2D eigenvalue weighted by Gasteiger charge is -2.33. The maximum Gasteiger partial charge on any atom is 0.410 e. The van der Waals surface area contributed by atoms with Crippen molar-refractivity contribution in [2.24, 2.45) is 5.92 Å². The molecule has 1 heterocycles. The normalized spacial score (nSPS) is 29.2. The molecular formula is C14H26N2O2. The Morgan fingerprint density at radius 3 is 2.28 bits per heavy atom. The largest absolute Gasteiger partial charge is 0.444 e. The Hall–Kier alpha value is -0.770. The molecule has 1 amide bonds. The van der Waals surface area contributed by atoms with Gasteiger partial charge in [-0.25, -0.2) is 4.79 Å². The molecule has 1 aliphatic carbocycles. The molecule has 1 aliphatic heterocycles. The van der Waals surface area contributed by atoms with Gasteiger partial charge in [0.15, 0.2) is 0 Å². The number of amides is 1. The molecule has 18 heavy (non-hydrogen) atoms. The fraction of sp³-hybridized carbons (Fsp3) is 0.929. The molecule has 104 valence electrons. The van der Waals surface area contributed by atoms with E-state index < -0.39 is 5.60 Å². The van der Waals surface area contributed by atoms with Crippen LogP contribution in [0, 0.1) is 5.92 Å². The lowest BCUT2D eigenvalue weighted by molar-refractivity contribution is 0.0198. The Labute approximate surface area is 110 Å². The monoisotopic (exact) mass is 254 g/mol. The number of rotatable bonds is 2. The standard InChI is InChI=1S/C14H26N2O2/c1-10-9-12(10)15-11-5-7-16(8-6-11)13(17)18-14(2,3)4/h10-12,15H,5-9H2,1-4H3. The van der Waals surface area contributed by atoms with Crippen LogP contribution in [-0.2, 0) is 4.74 Å². The van der Waals surface area contributed by atoms with E-state index in [1.807, 2.05) is 25.7 Å². The van der Waals surface area contributed by atoms with Gasteiger partial charge in [0, 0.05) is 25.2 Å². The average Bonchev–Trinajstić information content (AvgIpc) is 2.92. The van der Waals surface area contributed by atoms with Crippen molar-refractivity contribution < 1.29 is 9.53 Å². The highest BCUT2D eigenvalue weighted by molar-refractivity contribution is 5.68. The average molecular weight is 254 g/mol. The molecule has 2 rings (SSSR count). The first kappa shape index (κ1) is 13.7.